The van der Waals surface area contributed by atoms with E-state index in [0.717, 1.165) is 25.1 Å². The van der Waals surface area contributed by atoms with Gasteiger partial charge in [0.25, 0.3) is 5.91 Å². The van der Waals surface area contributed by atoms with E-state index in [9.17, 15) is 9.59 Å². The molecule has 4 rings (SSSR count). The fourth-order valence-corrected chi connectivity index (χ4v) is 4.51. The molecule has 1 fully saturated rings. The Bertz CT molecular complexity index is 970. The number of likely N-dealkylation sites (N-methyl/N-ethyl adjacent to an activating group) is 1. The SMILES string of the molecule is CCOc1ccc(N2C(=O)c3ccccc3C(C=NC[C@@H]3CCCN3CC)C2=O)cc1. The van der Waals surface area contributed by atoms with Crippen molar-refractivity contribution < 1.29 is 14.3 Å². The second-order valence-electron chi connectivity index (χ2n) is 7.91. The van der Waals surface area contributed by atoms with Crippen molar-refractivity contribution in [1.82, 2.24) is 4.90 Å². The number of likely N-dealkylation sites (tertiary alicyclic amines) is 1. The standard InChI is InChI=1S/C25H29N3O3/c1-3-27-15-7-8-19(27)16-26-17-23-21-9-5-6-10-22(21)24(29)28(25(23)30)18-11-13-20(14-12-18)31-4-2/h5-6,9-14,17,19,23H,3-4,7-8,15-16H2,1-2H3/t19-,23?/m0/s1. The number of carbonyl (C=O) groups excluding carboxylic acids is 2. The molecule has 2 aromatic carbocycles. The number of nitrogens with zero attached hydrogens (tertiary/aromatic N) is 3. The highest BCUT2D eigenvalue weighted by Crippen LogP contribution is 2.32. The molecule has 2 aromatic rings. The van der Waals surface area contributed by atoms with Crippen LogP contribution in [0, 0.1) is 0 Å². The molecule has 2 heterocycles. The van der Waals surface area contributed by atoms with Gasteiger partial charge in [-0.1, -0.05) is 25.1 Å². The normalized spacial score (nSPS) is 21.7. The van der Waals surface area contributed by atoms with E-state index in [1.54, 1.807) is 36.5 Å². The van der Waals surface area contributed by atoms with Crippen molar-refractivity contribution in [1.29, 1.82) is 0 Å². The Kier molecular flexibility index (Phi) is 6.47. The molecule has 6 heteroatoms. The maximum Gasteiger partial charge on any atom is 0.265 e. The lowest BCUT2D eigenvalue weighted by molar-refractivity contribution is -0.118. The summed E-state index contributed by atoms with van der Waals surface area (Å²) in [5.74, 6) is -0.437. The van der Waals surface area contributed by atoms with Gasteiger partial charge in [0.05, 0.1) is 24.8 Å². The van der Waals surface area contributed by atoms with Gasteiger partial charge >= 0.3 is 0 Å². The van der Waals surface area contributed by atoms with Gasteiger partial charge in [-0.15, -0.1) is 0 Å². The lowest BCUT2D eigenvalue weighted by Crippen LogP contribution is -2.45. The second kappa shape index (κ2) is 9.43. The smallest absolute Gasteiger partial charge is 0.265 e. The molecule has 0 spiro atoms. The first-order chi connectivity index (χ1) is 15.1. The molecule has 31 heavy (non-hydrogen) atoms. The first-order valence-corrected chi connectivity index (χ1v) is 11.1. The summed E-state index contributed by atoms with van der Waals surface area (Å²) in [6.07, 6.45) is 4.07. The van der Waals surface area contributed by atoms with Gasteiger partial charge in [-0.2, -0.15) is 0 Å². The summed E-state index contributed by atoms with van der Waals surface area (Å²) in [4.78, 5) is 35.0. The zero-order valence-electron chi connectivity index (χ0n) is 18.2. The van der Waals surface area contributed by atoms with Crippen LogP contribution in [0.3, 0.4) is 0 Å². The van der Waals surface area contributed by atoms with E-state index in [1.807, 2.05) is 25.1 Å². The van der Waals surface area contributed by atoms with Crippen LogP contribution in [0.25, 0.3) is 0 Å². The van der Waals surface area contributed by atoms with Gasteiger partial charge in [-0.3, -0.25) is 19.5 Å². The van der Waals surface area contributed by atoms with E-state index in [2.05, 4.69) is 16.8 Å². The number of rotatable bonds is 7. The Morgan fingerprint density at radius 3 is 2.61 bits per heavy atom. The van der Waals surface area contributed by atoms with Gasteiger partial charge in [0.15, 0.2) is 0 Å². The number of benzene rings is 2. The topological polar surface area (TPSA) is 62.2 Å². The first-order valence-electron chi connectivity index (χ1n) is 11.1. The Morgan fingerprint density at radius 1 is 1.10 bits per heavy atom. The molecule has 1 saturated heterocycles. The number of fused-ring (bicyclic) bond motifs is 1. The highest BCUT2D eigenvalue weighted by Gasteiger charge is 2.38. The largest absolute Gasteiger partial charge is 0.494 e. The van der Waals surface area contributed by atoms with Gasteiger partial charge in [-0.25, -0.2) is 4.90 Å². The Hall–Kier alpha value is -2.99. The van der Waals surface area contributed by atoms with Crippen LogP contribution in [0.2, 0.25) is 0 Å². The fraction of sp³-hybridized carbons (Fsp3) is 0.400. The van der Waals surface area contributed by atoms with Crippen molar-refractivity contribution >= 4 is 23.7 Å². The van der Waals surface area contributed by atoms with Crippen LogP contribution in [0.4, 0.5) is 5.69 Å². The quantitative estimate of drug-likeness (QED) is 0.504. The van der Waals surface area contributed by atoms with Crippen molar-refractivity contribution in [2.24, 2.45) is 4.99 Å². The number of hydrogen-bond donors (Lipinski definition) is 0. The second-order valence-corrected chi connectivity index (χ2v) is 7.91. The molecule has 0 saturated carbocycles. The lowest BCUT2D eigenvalue weighted by Gasteiger charge is -2.31. The minimum atomic E-state index is -0.572. The summed E-state index contributed by atoms with van der Waals surface area (Å²) in [7, 11) is 0. The van der Waals surface area contributed by atoms with Crippen LogP contribution in [0.15, 0.2) is 53.5 Å². The van der Waals surface area contributed by atoms with E-state index >= 15 is 0 Å². The van der Waals surface area contributed by atoms with Crippen LogP contribution in [-0.2, 0) is 4.79 Å². The van der Waals surface area contributed by atoms with Crippen LogP contribution < -0.4 is 9.64 Å². The van der Waals surface area contributed by atoms with Crippen molar-refractivity contribution in [2.75, 3.05) is 31.1 Å². The van der Waals surface area contributed by atoms with Crippen LogP contribution >= 0.6 is 0 Å². The van der Waals surface area contributed by atoms with Gasteiger partial charge in [0.1, 0.15) is 5.75 Å². The number of hydrogen-bond acceptors (Lipinski definition) is 5. The number of ether oxygens (including phenoxy) is 1. The Balaban J connectivity index is 1.61. The molecule has 0 N–H and O–H groups in total. The van der Waals surface area contributed by atoms with E-state index in [4.69, 9.17) is 4.74 Å². The Morgan fingerprint density at radius 2 is 1.87 bits per heavy atom. The van der Waals surface area contributed by atoms with Crippen molar-refractivity contribution in [2.45, 2.75) is 38.6 Å². The molecule has 0 aliphatic carbocycles. The highest BCUT2D eigenvalue weighted by atomic mass is 16.5. The number of carbonyl (C=O) groups is 2. The van der Waals surface area contributed by atoms with Crippen LogP contribution in [0.5, 0.6) is 5.75 Å². The number of imide groups is 1. The predicted octanol–water partition coefficient (Wildman–Crippen LogP) is 3.91. The Labute approximate surface area is 183 Å². The van der Waals surface area contributed by atoms with Crippen molar-refractivity contribution in [3.05, 3.63) is 59.7 Å². The molecule has 6 nitrogen and oxygen atoms in total. The summed E-state index contributed by atoms with van der Waals surface area (Å²) < 4.78 is 5.49. The molecule has 1 unspecified atom stereocenters. The van der Waals surface area contributed by atoms with Crippen molar-refractivity contribution in [3.63, 3.8) is 0 Å². The summed E-state index contributed by atoms with van der Waals surface area (Å²) in [5.41, 5.74) is 1.81. The molecular weight excluding hydrogens is 390 g/mol. The molecule has 0 bridgehead atoms. The maximum absolute atomic E-state index is 13.4. The summed E-state index contributed by atoms with van der Waals surface area (Å²) in [6.45, 7) is 7.45. The van der Waals surface area contributed by atoms with E-state index < -0.39 is 5.92 Å². The average molecular weight is 420 g/mol. The van der Waals surface area contributed by atoms with Gasteiger partial charge in [-0.05, 0) is 68.8 Å². The summed E-state index contributed by atoms with van der Waals surface area (Å²) in [6, 6.07) is 14.8. The molecule has 2 atom stereocenters. The molecule has 162 valence electrons. The van der Waals surface area contributed by atoms with Crippen LogP contribution in [0.1, 0.15) is 48.5 Å². The minimum absolute atomic E-state index is 0.268. The molecule has 2 aliphatic heterocycles. The predicted molar refractivity (Wildman–Crippen MR) is 122 cm³/mol. The summed E-state index contributed by atoms with van der Waals surface area (Å²) >= 11 is 0. The number of amides is 2. The van der Waals surface area contributed by atoms with Crippen LogP contribution in [-0.4, -0.2) is 55.2 Å². The monoisotopic (exact) mass is 419 g/mol. The zero-order valence-corrected chi connectivity index (χ0v) is 18.2. The van der Waals surface area contributed by atoms with E-state index in [1.165, 1.54) is 11.3 Å². The third-order valence-corrected chi connectivity index (χ3v) is 6.10. The van der Waals surface area contributed by atoms with Gasteiger partial charge < -0.3 is 4.74 Å². The van der Waals surface area contributed by atoms with E-state index in [-0.39, 0.29) is 11.8 Å². The molecule has 0 aromatic heterocycles. The minimum Gasteiger partial charge on any atom is -0.494 e. The third-order valence-electron chi connectivity index (χ3n) is 6.10. The molecule has 2 amide bonds. The van der Waals surface area contributed by atoms with Gasteiger partial charge in [0.2, 0.25) is 5.91 Å². The number of aliphatic imine (C=N–C) groups is 1. The van der Waals surface area contributed by atoms with E-state index in [0.29, 0.717) is 36.2 Å². The average Bonchev–Trinajstić information content (AvgIpc) is 3.25. The fourth-order valence-electron chi connectivity index (χ4n) is 4.51. The molecular formula is C25H29N3O3. The highest BCUT2D eigenvalue weighted by molar-refractivity contribution is 6.29. The summed E-state index contributed by atoms with van der Waals surface area (Å²) in [5, 5.41) is 0. The zero-order chi connectivity index (χ0) is 21.8. The maximum atomic E-state index is 13.4. The van der Waals surface area contributed by atoms with Crippen molar-refractivity contribution in [3.8, 4) is 5.75 Å². The lowest BCUT2D eigenvalue weighted by atomic mass is 9.89. The third kappa shape index (κ3) is 4.26. The molecule has 2 aliphatic rings. The molecule has 0 radical (unpaired) electrons. The van der Waals surface area contributed by atoms with Gasteiger partial charge in [0, 0.05) is 17.8 Å². The first kappa shape index (κ1) is 21.2. The number of anilines is 1.